The van der Waals surface area contributed by atoms with Crippen molar-refractivity contribution < 1.29 is 32.3 Å². The van der Waals surface area contributed by atoms with Crippen LogP contribution in [0, 0.1) is 0 Å². The second kappa shape index (κ2) is 9.31. The molecule has 2 N–H and O–H groups in total. The number of amides is 2. The maximum atomic E-state index is 12.9. The summed E-state index contributed by atoms with van der Waals surface area (Å²) >= 11 is 2.27. The van der Waals surface area contributed by atoms with E-state index >= 15 is 0 Å². The van der Waals surface area contributed by atoms with Gasteiger partial charge in [0.15, 0.2) is 0 Å². The molecule has 2 amide bonds. The first-order valence-corrected chi connectivity index (χ1v) is 11.1. The highest BCUT2D eigenvalue weighted by atomic mass is 32.2. The van der Waals surface area contributed by atoms with Gasteiger partial charge < -0.3 is 15.4 Å². The lowest BCUT2D eigenvalue weighted by Crippen LogP contribution is -2.32. The Hall–Kier alpha value is -2.53. The SMILES string of the molecule is CCOC(=O)c1cc(CC)sc1NC(=O)C[C@H]1Sc2ccc(C(F)(F)F)cc2NC1=O. The Bertz CT molecular complexity index is 1020. The summed E-state index contributed by atoms with van der Waals surface area (Å²) in [6, 6.07) is 4.75. The van der Waals surface area contributed by atoms with Gasteiger partial charge in [-0.1, -0.05) is 6.92 Å². The van der Waals surface area contributed by atoms with Crippen LogP contribution in [0.25, 0.3) is 0 Å². The summed E-state index contributed by atoms with van der Waals surface area (Å²) < 4.78 is 43.6. The predicted octanol–water partition coefficient (Wildman–Crippen LogP) is 4.95. The van der Waals surface area contributed by atoms with Crippen molar-refractivity contribution >= 4 is 51.6 Å². The van der Waals surface area contributed by atoms with Crippen LogP contribution in [0.2, 0.25) is 0 Å². The van der Waals surface area contributed by atoms with Gasteiger partial charge >= 0.3 is 12.1 Å². The molecule has 31 heavy (non-hydrogen) atoms. The molecule has 1 aliphatic rings. The number of alkyl halides is 3. The third-order valence-electron chi connectivity index (χ3n) is 4.38. The minimum atomic E-state index is -4.52. The lowest BCUT2D eigenvalue weighted by molar-refractivity contribution is -0.137. The van der Waals surface area contributed by atoms with Crippen molar-refractivity contribution in [3.63, 3.8) is 0 Å². The van der Waals surface area contributed by atoms with Crippen LogP contribution in [0.5, 0.6) is 0 Å². The molecule has 1 atom stereocenters. The molecule has 0 fully saturated rings. The number of carbonyl (C=O) groups is 3. The molecular weight excluding hydrogens is 453 g/mol. The van der Waals surface area contributed by atoms with Crippen LogP contribution in [0.15, 0.2) is 29.2 Å². The Morgan fingerprint density at radius 3 is 2.61 bits per heavy atom. The predicted molar refractivity (Wildman–Crippen MR) is 113 cm³/mol. The summed E-state index contributed by atoms with van der Waals surface area (Å²) in [4.78, 5) is 38.4. The Labute approximate surface area is 184 Å². The number of hydrogen-bond acceptors (Lipinski definition) is 6. The minimum Gasteiger partial charge on any atom is -0.462 e. The largest absolute Gasteiger partial charge is 0.462 e. The van der Waals surface area contributed by atoms with Crippen LogP contribution in [0.4, 0.5) is 23.9 Å². The quantitative estimate of drug-likeness (QED) is 0.582. The Morgan fingerprint density at radius 1 is 1.23 bits per heavy atom. The first-order valence-electron chi connectivity index (χ1n) is 9.40. The second-order valence-corrected chi connectivity index (χ2v) is 8.97. The maximum Gasteiger partial charge on any atom is 0.416 e. The molecule has 2 heterocycles. The average Bonchev–Trinajstić information content (AvgIpc) is 3.10. The van der Waals surface area contributed by atoms with Crippen LogP contribution < -0.4 is 10.6 Å². The number of thioether (sulfide) groups is 1. The minimum absolute atomic E-state index is 0.0666. The highest BCUT2D eigenvalue weighted by molar-refractivity contribution is 8.01. The van der Waals surface area contributed by atoms with Gasteiger partial charge in [0, 0.05) is 16.2 Å². The molecule has 1 aliphatic heterocycles. The number of aryl methyl sites for hydroxylation is 1. The molecular formula is C20H19F3N2O4S2. The van der Waals surface area contributed by atoms with Gasteiger partial charge in [-0.25, -0.2) is 4.79 Å². The van der Waals surface area contributed by atoms with Gasteiger partial charge in [0.1, 0.15) is 5.00 Å². The summed E-state index contributed by atoms with van der Waals surface area (Å²) in [7, 11) is 0. The van der Waals surface area contributed by atoms with Crippen molar-refractivity contribution in [1.29, 1.82) is 0 Å². The summed E-state index contributed by atoms with van der Waals surface area (Å²) in [5, 5.41) is 4.63. The van der Waals surface area contributed by atoms with Gasteiger partial charge in [0.05, 0.1) is 28.7 Å². The fourth-order valence-electron chi connectivity index (χ4n) is 2.88. The molecule has 166 valence electrons. The third kappa shape index (κ3) is 5.40. The van der Waals surface area contributed by atoms with Crippen LogP contribution in [0.1, 0.15) is 41.1 Å². The van der Waals surface area contributed by atoms with Crippen molar-refractivity contribution in [3.8, 4) is 0 Å². The van der Waals surface area contributed by atoms with E-state index in [9.17, 15) is 27.6 Å². The normalized spacial score (nSPS) is 15.8. The molecule has 0 saturated heterocycles. The van der Waals surface area contributed by atoms with Crippen LogP contribution in [-0.4, -0.2) is 29.6 Å². The van der Waals surface area contributed by atoms with Crippen LogP contribution in [0.3, 0.4) is 0 Å². The zero-order valence-electron chi connectivity index (χ0n) is 16.6. The zero-order valence-corrected chi connectivity index (χ0v) is 18.2. The number of halogens is 3. The number of carbonyl (C=O) groups excluding carboxylic acids is 3. The zero-order chi connectivity index (χ0) is 22.8. The maximum absolute atomic E-state index is 12.9. The van der Waals surface area contributed by atoms with E-state index in [1.165, 1.54) is 17.4 Å². The second-order valence-electron chi connectivity index (χ2n) is 6.59. The molecule has 2 aromatic rings. The molecule has 0 bridgehead atoms. The molecule has 0 unspecified atom stereocenters. The first kappa shape index (κ1) is 23.1. The topological polar surface area (TPSA) is 84.5 Å². The number of anilines is 2. The summed E-state index contributed by atoms with van der Waals surface area (Å²) in [6.45, 7) is 3.78. The van der Waals surface area contributed by atoms with Gasteiger partial charge in [-0.05, 0) is 37.6 Å². The summed E-state index contributed by atoms with van der Waals surface area (Å²) in [6.07, 6.45) is -4.06. The van der Waals surface area contributed by atoms with Crippen LogP contribution in [-0.2, 0) is 26.9 Å². The number of rotatable bonds is 6. The van der Waals surface area contributed by atoms with E-state index in [0.29, 0.717) is 16.3 Å². The first-order chi connectivity index (χ1) is 14.6. The monoisotopic (exact) mass is 472 g/mol. The van der Waals surface area contributed by atoms with E-state index in [1.54, 1.807) is 13.0 Å². The van der Waals surface area contributed by atoms with Crippen molar-refractivity contribution in [2.24, 2.45) is 0 Å². The Balaban J connectivity index is 1.71. The molecule has 1 aromatic heterocycles. The van der Waals surface area contributed by atoms with E-state index in [1.807, 2.05) is 6.92 Å². The number of fused-ring (bicyclic) bond motifs is 1. The van der Waals surface area contributed by atoms with E-state index < -0.39 is 34.8 Å². The van der Waals surface area contributed by atoms with E-state index in [-0.39, 0.29) is 24.3 Å². The lowest BCUT2D eigenvalue weighted by atomic mass is 10.1. The number of hydrogen-bond donors (Lipinski definition) is 2. The average molecular weight is 473 g/mol. The molecule has 0 spiro atoms. The van der Waals surface area contributed by atoms with Crippen molar-refractivity contribution in [2.45, 2.75) is 43.0 Å². The molecule has 3 rings (SSSR count). The Kier molecular flexibility index (Phi) is 6.95. The number of thiophene rings is 1. The smallest absolute Gasteiger partial charge is 0.416 e. The number of benzene rings is 1. The van der Waals surface area contributed by atoms with Crippen molar-refractivity contribution in [2.75, 3.05) is 17.2 Å². The van der Waals surface area contributed by atoms with E-state index in [0.717, 1.165) is 28.8 Å². The highest BCUT2D eigenvalue weighted by Crippen LogP contribution is 2.41. The molecule has 6 nitrogen and oxygen atoms in total. The fourth-order valence-corrected chi connectivity index (χ4v) is 4.97. The lowest BCUT2D eigenvalue weighted by Gasteiger charge is -2.24. The fraction of sp³-hybridized carbons (Fsp3) is 0.350. The van der Waals surface area contributed by atoms with E-state index in [2.05, 4.69) is 10.6 Å². The van der Waals surface area contributed by atoms with Crippen LogP contribution >= 0.6 is 23.1 Å². The number of esters is 1. The van der Waals surface area contributed by atoms with Gasteiger partial charge in [0.2, 0.25) is 11.8 Å². The molecule has 1 aromatic carbocycles. The van der Waals surface area contributed by atoms with Gasteiger partial charge in [-0.3, -0.25) is 9.59 Å². The highest BCUT2D eigenvalue weighted by Gasteiger charge is 2.34. The molecule has 0 radical (unpaired) electrons. The number of ether oxygens (including phenoxy) is 1. The molecule has 0 aliphatic carbocycles. The van der Waals surface area contributed by atoms with E-state index in [4.69, 9.17) is 4.74 Å². The summed E-state index contributed by atoms with van der Waals surface area (Å²) in [5.41, 5.74) is -0.543. The van der Waals surface area contributed by atoms with Gasteiger partial charge in [-0.15, -0.1) is 23.1 Å². The van der Waals surface area contributed by atoms with Gasteiger partial charge in [-0.2, -0.15) is 13.2 Å². The third-order valence-corrected chi connectivity index (χ3v) is 6.85. The number of nitrogens with one attached hydrogen (secondary N) is 2. The van der Waals surface area contributed by atoms with Crippen molar-refractivity contribution in [3.05, 3.63) is 40.3 Å². The Morgan fingerprint density at radius 2 is 1.97 bits per heavy atom. The van der Waals surface area contributed by atoms with Gasteiger partial charge in [0.25, 0.3) is 0 Å². The molecule has 11 heteroatoms. The standard InChI is InChI=1S/C20H19F3N2O4S2/c1-3-11-8-12(19(28)29-4-2)18(30-11)25-16(26)9-15-17(27)24-13-7-10(20(21,22)23)5-6-14(13)31-15/h5-8,15H,3-4,9H2,1-2H3,(H,24,27)(H,25,26)/t15-/m1/s1. The molecule has 0 saturated carbocycles. The summed E-state index contributed by atoms with van der Waals surface area (Å²) in [5.74, 6) is -1.59. The van der Waals surface area contributed by atoms with Crippen molar-refractivity contribution in [1.82, 2.24) is 0 Å².